The molecule has 18 heavy (non-hydrogen) atoms. The summed E-state index contributed by atoms with van der Waals surface area (Å²) in [6.45, 7) is 5.58. The smallest absolute Gasteiger partial charge is 0.157 e. The Bertz CT molecular complexity index is 395. The molecule has 0 aromatic carbocycles. The Morgan fingerprint density at radius 3 is 3.00 bits per heavy atom. The molecule has 2 rings (SSSR count). The van der Waals surface area contributed by atoms with Crippen LogP contribution in [0.15, 0.2) is 6.20 Å². The Labute approximate surface area is 109 Å². The van der Waals surface area contributed by atoms with Gasteiger partial charge in [0.15, 0.2) is 5.82 Å². The van der Waals surface area contributed by atoms with Crippen molar-refractivity contribution in [1.82, 2.24) is 9.97 Å². The minimum Gasteiger partial charge on any atom is -0.371 e. The van der Waals surface area contributed by atoms with E-state index in [4.69, 9.17) is 15.5 Å². The maximum atomic E-state index is 5.74. The van der Waals surface area contributed by atoms with Crippen molar-refractivity contribution in [3.8, 4) is 0 Å². The van der Waals surface area contributed by atoms with Gasteiger partial charge >= 0.3 is 0 Å². The number of nitrogens with two attached hydrogens (primary N) is 1. The molecule has 0 amide bonds. The van der Waals surface area contributed by atoms with E-state index >= 15 is 0 Å². The van der Waals surface area contributed by atoms with Crippen molar-refractivity contribution in [3.05, 3.63) is 23.3 Å². The van der Waals surface area contributed by atoms with Gasteiger partial charge in [-0.2, -0.15) is 0 Å². The van der Waals surface area contributed by atoms with Gasteiger partial charge in [-0.05, 0) is 50.6 Å². The van der Waals surface area contributed by atoms with Crippen molar-refractivity contribution in [2.75, 3.05) is 13.2 Å². The second-order valence-corrected chi connectivity index (χ2v) is 4.90. The van der Waals surface area contributed by atoms with E-state index in [0.29, 0.717) is 12.5 Å². The number of hydrogen-bond donors (Lipinski definition) is 1. The number of fused-ring (bicyclic) bond motifs is 1. The third-order valence-corrected chi connectivity index (χ3v) is 3.63. The highest BCUT2D eigenvalue weighted by Crippen LogP contribution is 2.25. The van der Waals surface area contributed by atoms with Crippen LogP contribution in [0.25, 0.3) is 0 Å². The maximum absolute atomic E-state index is 5.74. The fourth-order valence-electron chi connectivity index (χ4n) is 2.53. The highest BCUT2D eigenvalue weighted by molar-refractivity contribution is 5.22. The minimum atomic E-state index is 0.0348. The summed E-state index contributed by atoms with van der Waals surface area (Å²) < 4.78 is 5.67. The Morgan fingerprint density at radius 1 is 1.50 bits per heavy atom. The van der Waals surface area contributed by atoms with Gasteiger partial charge in [0, 0.05) is 18.5 Å². The molecule has 0 bridgehead atoms. The molecule has 0 aliphatic heterocycles. The predicted molar refractivity (Wildman–Crippen MR) is 71.3 cm³/mol. The van der Waals surface area contributed by atoms with Crippen LogP contribution in [0, 0.1) is 5.92 Å². The molecular formula is C14H23N3O. The van der Waals surface area contributed by atoms with Gasteiger partial charge < -0.3 is 10.5 Å². The van der Waals surface area contributed by atoms with Gasteiger partial charge in [-0.3, -0.25) is 0 Å². The molecule has 1 aliphatic rings. The van der Waals surface area contributed by atoms with Crippen LogP contribution in [0.2, 0.25) is 0 Å². The SMILES string of the molecule is CCOC(CC)c1ncc2c(n1)CCC(CN)C2. The Balaban J connectivity index is 2.17. The molecule has 0 saturated carbocycles. The van der Waals surface area contributed by atoms with E-state index in [9.17, 15) is 0 Å². The number of ether oxygens (including phenoxy) is 1. The van der Waals surface area contributed by atoms with Gasteiger partial charge in [0.05, 0.1) is 0 Å². The molecule has 0 spiro atoms. The third kappa shape index (κ3) is 2.87. The number of aromatic nitrogens is 2. The zero-order valence-electron chi connectivity index (χ0n) is 11.4. The van der Waals surface area contributed by atoms with E-state index < -0.39 is 0 Å². The molecule has 4 nitrogen and oxygen atoms in total. The largest absolute Gasteiger partial charge is 0.371 e. The first-order chi connectivity index (χ1) is 8.78. The van der Waals surface area contributed by atoms with E-state index in [1.165, 1.54) is 11.3 Å². The molecule has 0 saturated heterocycles. The highest BCUT2D eigenvalue weighted by Gasteiger charge is 2.21. The average Bonchev–Trinajstić information content (AvgIpc) is 2.43. The monoisotopic (exact) mass is 249 g/mol. The number of aryl methyl sites for hydroxylation is 1. The molecule has 0 fully saturated rings. The standard InChI is InChI=1S/C14H23N3O/c1-3-13(18-4-2)14-16-9-11-7-10(8-15)5-6-12(11)17-14/h9-10,13H,3-8,15H2,1-2H3. The van der Waals surface area contributed by atoms with Crippen molar-refractivity contribution in [3.63, 3.8) is 0 Å². The lowest BCUT2D eigenvalue weighted by molar-refractivity contribution is 0.0532. The van der Waals surface area contributed by atoms with Gasteiger partial charge in [-0.25, -0.2) is 9.97 Å². The van der Waals surface area contributed by atoms with Crippen molar-refractivity contribution < 1.29 is 4.74 Å². The number of hydrogen-bond acceptors (Lipinski definition) is 4. The lowest BCUT2D eigenvalue weighted by Crippen LogP contribution is -2.24. The molecule has 1 heterocycles. The quantitative estimate of drug-likeness (QED) is 0.867. The summed E-state index contributed by atoms with van der Waals surface area (Å²) in [5, 5.41) is 0. The van der Waals surface area contributed by atoms with Crippen LogP contribution in [0.4, 0.5) is 0 Å². The second-order valence-electron chi connectivity index (χ2n) is 4.90. The van der Waals surface area contributed by atoms with Gasteiger partial charge in [0.25, 0.3) is 0 Å². The fourth-order valence-corrected chi connectivity index (χ4v) is 2.53. The zero-order chi connectivity index (χ0) is 13.0. The molecule has 2 unspecified atom stereocenters. The van der Waals surface area contributed by atoms with Gasteiger partial charge in [0.2, 0.25) is 0 Å². The lowest BCUT2D eigenvalue weighted by Gasteiger charge is -2.23. The molecule has 100 valence electrons. The normalized spacial score (nSPS) is 20.5. The van der Waals surface area contributed by atoms with Crippen LogP contribution >= 0.6 is 0 Å². The van der Waals surface area contributed by atoms with Gasteiger partial charge in [-0.1, -0.05) is 6.92 Å². The zero-order valence-corrected chi connectivity index (χ0v) is 11.4. The van der Waals surface area contributed by atoms with Crippen LogP contribution in [0.5, 0.6) is 0 Å². The van der Waals surface area contributed by atoms with Crippen LogP contribution < -0.4 is 5.73 Å². The summed E-state index contributed by atoms with van der Waals surface area (Å²) in [6.07, 6.45) is 6.12. The summed E-state index contributed by atoms with van der Waals surface area (Å²) in [7, 11) is 0. The van der Waals surface area contributed by atoms with E-state index in [1.807, 2.05) is 13.1 Å². The maximum Gasteiger partial charge on any atom is 0.157 e. The van der Waals surface area contributed by atoms with Crippen molar-refractivity contribution in [1.29, 1.82) is 0 Å². The van der Waals surface area contributed by atoms with Gasteiger partial charge in [0.1, 0.15) is 6.10 Å². The molecule has 1 aliphatic carbocycles. The van der Waals surface area contributed by atoms with Crippen LogP contribution in [-0.4, -0.2) is 23.1 Å². The summed E-state index contributed by atoms with van der Waals surface area (Å²) >= 11 is 0. The van der Waals surface area contributed by atoms with E-state index in [1.54, 1.807) is 0 Å². The fraction of sp³-hybridized carbons (Fsp3) is 0.714. The van der Waals surface area contributed by atoms with E-state index in [0.717, 1.165) is 38.1 Å². The molecule has 0 radical (unpaired) electrons. The number of rotatable bonds is 5. The van der Waals surface area contributed by atoms with Crippen molar-refractivity contribution >= 4 is 0 Å². The summed E-state index contributed by atoms with van der Waals surface area (Å²) in [5.41, 5.74) is 8.21. The lowest BCUT2D eigenvalue weighted by atomic mass is 9.87. The van der Waals surface area contributed by atoms with Crippen molar-refractivity contribution in [2.24, 2.45) is 11.7 Å². The van der Waals surface area contributed by atoms with Crippen LogP contribution in [0.1, 0.15) is 49.9 Å². The molecule has 4 heteroatoms. The van der Waals surface area contributed by atoms with Crippen LogP contribution in [0.3, 0.4) is 0 Å². The number of nitrogens with zero attached hydrogens (tertiary/aromatic N) is 2. The summed E-state index contributed by atoms with van der Waals surface area (Å²) in [4.78, 5) is 9.17. The van der Waals surface area contributed by atoms with Crippen LogP contribution in [-0.2, 0) is 17.6 Å². The summed E-state index contributed by atoms with van der Waals surface area (Å²) in [5.74, 6) is 1.44. The first-order valence-electron chi connectivity index (χ1n) is 6.94. The second kappa shape index (κ2) is 6.25. The van der Waals surface area contributed by atoms with E-state index in [2.05, 4.69) is 11.9 Å². The minimum absolute atomic E-state index is 0.0348. The Kier molecular flexibility index (Phi) is 4.66. The first kappa shape index (κ1) is 13.4. The predicted octanol–water partition coefficient (Wildman–Crippen LogP) is 2.03. The summed E-state index contributed by atoms with van der Waals surface area (Å²) in [6, 6.07) is 0. The molecule has 1 aromatic heterocycles. The van der Waals surface area contributed by atoms with Crippen molar-refractivity contribution in [2.45, 2.75) is 45.6 Å². The molecular weight excluding hydrogens is 226 g/mol. The average molecular weight is 249 g/mol. The Morgan fingerprint density at radius 2 is 2.33 bits per heavy atom. The third-order valence-electron chi connectivity index (χ3n) is 3.63. The highest BCUT2D eigenvalue weighted by atomic mass is 16.5. The van der Waals surface area contributed by atoms with Gasteiger partial charge in [-0.15, -0.1) is 0 Å². The molecule has 2 N–H and O–H groups in total. The first-order valence-corrected chi connectivity index (χ1v) is 6.94. The molecule has 2 atom stereocenters. The van der Waals surface area contributed by atoms with E-state index in [-0.39, 0.29) is 6.10 Å². The Hall–Kier alpha value is -1.00. The molecule has 1 aromatic rings. The topological polar surface area (TPSA) is 61.0 Å².